The Labute approximate surface area is 123 Å². The molecule has 1 unspecified atom stereocenters. The SMILES string of the molecule is COCC1CN(c2cc(OC)c(C)cc2[N+](=O)[O-])CCO1. The van der Waals surface area contributed by atoms with Gasteiger partial charge in [0, 0.05) is 32.3 Å². The van der Waals surface area contributed by atoms with E-state index in [1.807, 2.05) is 4.90 Å². The van der Waals surface area contributed by atoms with E-state index in [1.165, 1.54) is 0 Å². The Kier molecular flexibility index (Phi) is 4.98. The van der Waals surface area contributed by atoms with E-state index in [9.17, 15) is 10.1 Å². The van der Waals surface area contributed by atoms with E-state index in [0.717, 1.165) is 5.56 Å². The van der Waals surface area contributed by atoms with Gasteiger partial charge >= 0.3 is 0 Å². The van der Waals surface area contributed by atoms with E-state index in [4.69, 9.17) is 14.2 Å². The predicted molar refractivity (Wildman–Crippen MR) is 78.2 cm³/mol. The Morgan fingerprint density at radius 1 is 1.48 bits per heavy atom. The van der Waals surface area contributed by atoms with Crippen molar-refractivity contribution in [2.75, 3.05) is 45.4 Å². The van der Waals surface area contributed by atoms with Gasteiger partial charge in [-0.05, 0) is 12.5 Å². The molecule has 0 amide bonds. The summed E-state index contributed by atoms with van der Waals surface area (Å²) >= 11 is 0. The number of benzene rings is 1. The average molecular weight is 296 g/mol. The van der Waals surface area contributed by atoms with Crippen molar-refractivity contribution in [2.24, 2.45) is 0 Å². The van der Waals surface area contributed by atoms with Gasteiger partial charge in [0.25, 0.3) is 5.69 Å². The van der Waals surface area contributed by atoms with Crippen LogP contribution in [0, 0.1) is 17.0 Å². The molecule has 7 nitrogen and oxygen atoms in total. The molecule has 0 aromatic heterocycles. The lowest BCUT2D eigenvalue weighted by atomic mass is 10.1. The highest BCUT2D eigenvalue weighted by atomic mass is 16.6. The molecule has 0 saturated carbocycles. The number of nitro benzene ring substituents is 1. The maximum Gasteiger partial charge on any atom is 0.293 e. The zero-order valence-corrected chi connectivity index (χ0v) is 12.5. The minimum absolute atomic E-state index is 0.0874. The summed E-state index contributed by atoms with van der Waals surface area (Å²) < 4.78 is 16.0. The molecule has 0 radical (unpaired) electrons. The molecule has 1 aliphatic rings. The third kappa shape index (κ3) is 3.43. The molecule has 7 heteroatoms. The topological polar surface area (TPSA) is 74.1 Å². The molecule has 0 bridgehead atoms. The number of anilines is 1. The molecule has 1 saturated heterocycles. The van der Waals surface area contributed by atoms with Gasteiger partial charge in [-0.1, -0.05) is 0 Å². The van der Waals surface area contributed by atoms with Crippen molar-refractivity contribution < 1.29 is 19.1 Å². The van der Waals surface area contributed by atoms with Crippen LogP contribution in [0.1, 0.15) is 5.56 Å². The van der Waals surface area contributed by atoms with Crippen molar-refractivity contribution in [1.82, 2.24) is 0 Å². The van der Waals surface area contributed by atoms with E-state index in [1.54, 1.807) is 33.3 Å². The van der Waals surface area contributed by atoms with Gasteiger partial charge in [-0.15, -0.1) is 0 Å². The van der Waals surface area contributed by atoms with Crippen LogP contribution in [0.4, 0.5) is 11.4 Å². The summed E-state index contributed by atoms with van der Waals surface area (Å²) in [6, 6.07) is 3.28. The lowest BCUT2D eigenvalue weighted by Gasteiger charge is -2.34. The highest BCUT2D eigenvalue weighted by Crippen LogP contribution is 2.35. The molecular weight excluding hydrogens is 276 g/mol. The van der Waals surface area contributed by atoms with Crippen LogP contribution in [0.5, 0.6) is 5.75 Å². The predicted octanol–water partition coefficient (Wildman–Crippen LogP) is 1.76. The number of ether oxygens (including phenoxy) is 3. The number of aryl methyl sites for hydroxylation is 1. The molecule has 1 aliphatic heterocycles. The Hall–Kier alpha value is -1.86. The van der Waals surface area contributed by atoms with E-state index in [2.05, 4.69) is 0 Å². The number of nitrogens with zero attached hydrogens (tertiary/aromatic N) is 2. The summed E-state index contributed by atoms with van der Waals surface area (Å²) in [5.41, 5.74) is 1.40. The van der Waals surface area contributed by atoms with Crippen LogP contribution in [0.15, 0.2) is 12.1 Å². The fraction of sp³-hybridized carbons (Fsp3) is 0.571. The van der Waals surface area contributed by atoms with Crippen LogP contribution in [-0.4, -0.2) is 51.6 Å². The lowest BCUT2D eigenvalue weighted by molar-refractivity contribution is -0.384. The molecule has 116 valence electrons. The van der Waals surface area contributed by atoms with Crippen molar-refractivity contribution in [3.63, 3.8) is 0 Å². The Balaban J connectivity index is 2.34. The fourth-order valence-corrected chi connectivity index (χ4v) is 2.51. The van der Waals surface area contributed by atoms with Gasteiger partial charge in [-0.2, -0.15) is 0 Å². The average Bonchev–Trinajstić information content (AvgIpc) is 2.47. The number of hydrogen-bond acceptors (Lipinski definition) is 6. The van der Waals surface area contributed by atoms with Crippen molar-refractivity contribution in [1.29, 1.82) is 0 Å². The second-order valence-electron chi connectivity index (χ2n) is 4.96. The third-order valence-corrected chi connectivity index (χ3v) is 3.52. The van der Waals surface area contributed by atoms with Crippen LogP contribution in [-0.2, 0) is 9.47 Å². The summed E-state index contributed by atoms with van der Waals surface area (Å²) in [6.07, 6.45) is -0.0874. The van der Waals surface area contributed by atoms with E-state index < -0.39 is 0 Å². The normalized spacial score (nSPS) is 18.6. The molecule has 0 N–H and O–H groups in total. The second kappa shape index (κ2) is 6.73. The summed E-state index contributed by atoms with van der Waals surface area (Å²) in [7, 11) is 3.17. The Bertz CT molecular complexity index is 518. The first-order valence-electron chi connectivity index (χ1n) is 6.75. The summed E-state index contributed by atoms with van der Waals surface area (Å²) in [6.45, 7) is 3.94. The van der Waals surface area contributed by atoms with Crippen molar-refractivity contribution in [2.45, 2.75) is 13.0 Å². The summed E-state index contributed by atoms with van der Waals surface area (Å²) in [4.78, 5) is 12.9. The third-order valence-electron chi connectivity index (χ3n) is 3.52. The molecule has 1 heterocycles. The fourth-order valence-electron chi connectivity index (χ4n) is 2.51. The first-order chi connectivity index (χ1) is 10.1. The van der Waals surface area contributed by atoms with Crippen molar-refractivity contribution in [3.05, 3.63) is 27.8 Å². The molecule has 21 heavy (non-hydrogen) atoms. The van der Waals surface area contributed by atoms with E-state index in [0.29, 0.717) is 37.7 Å². The zero-order valence-electron chi connectivity index (χ0n) is 12.5. The maximum atomic E-state index is 11.3. The first-order valence-corrected chi connectivity index (χ1v) is 6.75. The standard InChI is InChI=1S/C14H20N2O5/c1-10-6-13(16(17)18)12(7-14(10)20-3)15-4-5-21-11(8-15)9-19-2/h6-7,11H,4-5,8-9H2,1-3H3. The number of nitro groups is 1. The smallest absolute Gasteiger partial charge is 0.293 e. The molecule has 1 fully saturated rings. The van der Waals surface area contributed by atoms with Crippen LogP contribution in [0.2, 0.25) is 0 Å². The maximum absolute atomic E-state index is 11.3. The quantitative estimate of drug-likeness (QED) is 0.609. The molecule has 2 rings (SSSR count). The summed E-state index contributed by atoms with van der Waals surface area (Å²) in [5, 5.41) is 11.3. The number of morpholine rings is 1. The molecule has 0 aliphatic carbocycles. The number of methoxy groups -OCH3 is 2. The van der Waals surface area contributed by atoms with Crippen LogP contribution in [0.3, 0.4) is 0 Å². The van der Waals surface area contributed by atoms with Gasteiger partial charge in [0.2, 0.25) is 0 Å². The Morgan fingerprint density at radius 3 is 2.86 bits per heavy atom. The van der Waals surface area contributed by atoms with Crippen LogP contribution >= 0.6 is 0 Å². The molecule has 1 atom stereocenters. The molecule has 1 aromatic rings. The Morgan fingerprint density at radius 2 is 2.24 bits per heavy atom. The van der Waals surface area contributed by atoms with Gasteiger partial charge in [-0.3, -0.25) is 10.1 Å². The van der Waals surface area contributed by atoms with Gasteiger partial charge in [0.05, 0.1) is 31.4 Å². The van der Waals surface area contributed by atoms with Gasteiger partial charge < -0.3 is 19.1 Å². The van der Waals surface area contributed by atoms with Gasteiger partial charge in [-0.25, -0.2) is 0 Å². The van der Waals surface area contributed by atoms with E-state index >= 15 is 0 Å². The number of hydrogen-bond donors (Lipinski definition) is 0. The van der Waals surface area contributed by atoms with Gasteiger partial charge in [0.1, 0.15) is 11.4 Å². The summed E-state index contributed by atoms with van der Waals surface area (Å²) in [5.74, 6) is 0.644. The zero-order chi connectivity index (χ0) is 15.4. The number of rotatable bonds is 5. The minimum Gasteiger partial charge on any atom is -0.496 e. The lowest BCUT2D eigenvalue weighted by Crippen LogP contribution is -2.44. The van der Waals surface area contributed by atoms with E-state index in [-0.39, 0.29) is 16.7 Å². The monoisotopic (exact) mass is 296 g/mol. The van der Waals surface area contributed by atoms with Gasteiger partial charge in [0.15, 0.2) is 0 Å². The molecule has 0 spiro atoms. The van der Waals surface area contributed by atoms with Crippen molar-refractivity contribution >= 4 is 11.4 Å². The largest absolute Gasteiger partial charge is 0.496 e. The van der Waals surface area contributed by atoms with Crippen LogP contribution in [0.25, 0.3) is 0 Å². The minimum atomic E-state index is -0.359. The van der Waals surface area contributed by atoms with Crippen molar-refractivity contribution in [3.8, 4) is 5.75 Å². The second-order valence-corrected chi connectivity index (χ2v) is 4.96. The highest BCUT2D eigenvalue weighted by molar-refractivity contribution is 5.68. The van der Waals surface area contributed by atoms with Crippen LogP contribution < -0.4 is 9.64 Å². The highest BCUT2D eigenvalue weighted by Gasteiger charge is 2.27. The molecular formula is C14H20N2O5. The molecule has 1 aromatic carbocycles. The first kappa shape index (κ1) is 15.5.